The minimum Gasteiger partial charge on any atom is -0.397 e. The van der Waals surface area contributed by atoms with Gasteiger partial charge in [0.1, 0.15) is 0 Å². The fraction of sp³-hybridized carbons (Fsp3) is 0.200. The van der Waals surface area contributed by atoms with Crippen molar-refractivity contribution in [2.45, 2.75) is 13.0 Å². The molecule has 3 nitrogen and oxygen atoms in total. The first kappa shape index (κ1) is 12.5. The molecule has 0 aliphatic rings. The Balaban J connectivity index is 2.01. The highest BCUT2D eigenvalue weighted by atomic mass is 16.3. The molecular formula is C15H18N2O. The maximum atomic E-state index is 10.0. The van der Waals surface area contributed by atoms with Gasteiger partial charge in [-0.25, -0.2) is 0 Å². The third kappa shape index (κ3) is 3.02. The Bertz CT molecular complexity index is 511. The van der Waals surface area contributed by atoms with Gasteiger partial charge in [-0.1, -0.05) is 36.4 Å². The summed E-state index contributed by atoms with van der Waals surface area (Å²) >= 11 is 0. The molecule has 94 valence electrons. The van der Waals surface area contributed by atoms with Crippen LogP contribution in [0.4, 0.5) is 11.4 Å². The van der Waals surface area contributed by atoms with Crippen LogP contribution in [-0.2, 0) is 0 Å². The van der Waals surface area contributed by atoms with Gasteiger partial charge >= 0.3 is 0 Å². The van der Waals surface area contributed by atoms with Crippen molar-refractivity contribution in [1.29, 1.82) is 0 Å². The summed E-state index contributed by atoms with van der Waals surface area (Å²) in [7, 11) is 0. The van der Waals surface area contributed by atoms with E-state index in [1.54, 1.807) is 0 Å². The first-order valence-corrected chi connectivity index (χ1v) is 6.00. The van der Waals surface area contributed by atoms with Crippen LogP contribution < -0.4 is 11.1 Å². The third-order valence-electron chi connectivity index (χ3n) is 2.88. The fourth-order valence-electron chi connectivity index (χ4n) is 1.82. The molecule has 18 heavy (non-hydrogen) atoms. The summed E-state index contributed by atoms with van der Waals surface area (Å²) in [5.74, 6) is 0. The number of aliphatic hydroxyl groups is 1. The summed E-state index contributed by atoms with van der Waals surface area (Å²) in [6.45, 7) is 2.45. The van der Waals surface area contributed by atoms with E-state index < -0.39 is 6.10 Å². The molecule has 0 amide bonds. The molecule has 1 unspecified atom stereocenters. The predicted molar refractivity (Wildman–Crippen MR) is 75.5 cm³/mol. The number of aliphatic hydroxyl groups excluding tert-OH is 1. The molecule has 2 aromatic carbocycles. The number of nitrogens with one attached hydrogen (secondary N) is 1. The maximum absolute atomic E-state index is 10.0. The lowest BCUT2D eigenvalue weighted by atomic mass is 10.1. The van der Waals surface area contributed by atoms with Crippen LogP contribution in [0.1, 0.15) is 17.2 Å². The highest BCUT2D eigenvalue weighted by Gasteiger charge is 2.07. The van der Waals surface area contributed by atoms with Crippen molar-refractivity contribution in [3.8, 4) is 0 Å². The van der Waals surface area contributed by atoms with Gasteiger partial charge in [0.15, 0.2) is 0 Å². The van der Waals surface area contributed by atoms with Crippen LogP contribution in [0.5, 0.6) is 0 Å². The first-order chi connectivity index (χ1) is 8.66. The predicted octanol–water partition coefficient (Wildman–Crippen LogP) is 2.72. The van der Waals surface area contributed by atoms with E-state index >= 15 is 0 Å². The monoisotopic (exact) mass is 242 g/mol. The molecule has 3 heteroatoms. The molecule has 0 aliphatic carbocycles. The summed E-state index contributed by atoms with van der Waals surface area (Å²) < 4.78 is 0. The third-order valence-corrected chi connectivity index (χ3v) is 2.88. The Hall–Kier alpha value is -2.00. The number of anilines is 2. The smallest absolute Gasteiger partial charge is 0.0962 e. The van der Waals surface area contributed by atoms with Crippen molar-refractivity contribution in [3.05, 3.63) is 59.7 Å². The van der Waals surface area contributed by atoms with Crippen LogP contribution in [0.25, 0.3) is 0 Å². The minimum absolute atomic E-state index is 0.442. The van der Waals surface area contributed by atoms with Gasteiger partial charge in [-0.15, -0.1) is 0 Å². The lowest BCUT2D eigenvalue weighted by Gasteiger charge is -2.15. The molecule has 2 rings (SSSR count). The van der Waals surface area contributed by atoms with Crippen LogP contribution in [0.2, 0.25) is 0 Å². The van der Waals surface area contributed by atoms with Crippen LogP contribution in [0.15, 0.2) is 48.5 Å². The highest BCUT2D eigenvalue weighted by Crippen LogP contribution is 2.21. The molecule has 0 saturated carbocycles. The second-order valence-corrected chi connectivity index (χ2v) is 4.40. The van der Waals surface area contributed by atoms with E-state index in [9.17, 15) is 5.11 Å². The zero-order valence-electron chi connectivity index (χ0n) is 10.4. The Kier molecular flexibility index (Phi) is 3.85. The van der Waals surface area contributed by atoms with Crippen LogP contribution in [-0.4, -0.2) is 11.7 Å². The molecule has 4 N–H and O–H groups in total. The zero-order valence-corrected chi connectivity index (χ0v) is 10.4. The summed E-state index contributed by atoms with van der Waals surface area (Å²) in [6, 6.07) is 15.4. The number of nitrogens with two attached hydrogens (primary N) is 1. The molecule has 0 saturated heterocycles. The average molecular weight is 242 g/mol. The second-order valence-electron chi connectivity index (χ2n) is 4.40. The Labute approximate surface area is 107 Å². The van der Waals surface area contributed by atoms with Gasteiger partial charge in [0.25, 0.3) is 0 Å². The van der Waals surface area contributed by atoms with Gasteiger partial charge in [-0.05, 0) is 30.2 Å². The number of rotatable bonds is 4. The standard InChI is InChI=1S/C15H18N2O/c1-11-7-8-13(16)14(9-11)17-10-15(18)12-5-3-2-4-6-12/h2-9,15,17-18H,10,16H2,1H3. The van der Waals surface area contributed by atoms with E-state index in [4.69, 9.17) is 5.73 Å². The SMILES string of the molecule is Cc1ccc(N)c(NCC(O)c2ccccc2)c1. The summed E-state index contributed by atoms with van der Waals surface area (Å²) in [5, 5.41) is 13.2. The number of aryl methyl sites for hydroxylation is 1. The second kappa shape index (κ2) is 5.56. The summed E-state index contributed by atoms with van der Waals surface area (Å²) in [4.78, 5) is 0. The molecule has 0 fully saturated rings. The van der Waals surface area contributed by atoms with Crippen molar-refractivity contribution in [3.63, 3.8) is 0 Å². The van der Waals surface area contributed by atoms with Gasteiger partial charge in [-0.3, -0.25) is 0 Å². The molecule has 0 radical (unpaired) electrons. The summed E-state index contributed by atoms with van der Waals surface area (Å²) in [5.41, 5.74) is 9.47. The molecule has 0 heterocycles. The van der Waals surface area contributed by atoms with Crippen LogP contribution in [0.3, 0.4) is 0 Å². The zero-order chi connectivity index (χ0) is 13.0. The van der Waals surface area contributed by atoms with Gasteiger partial charge in [0.05, 0.1) is 17.5 Å². The summed E-state index contributed by atoms with van der Waals surface area (Å²) in [6.07, 6.45) is -0.536. The Morgan fingerprint density at radius 3 is 2.61 bits per heavy atom. The van der Waals surface area contributed by atoms with Crippen LogP contribution >= 0.6 is 0 Å². The van der Waals surface area contributed by atoms with Crippen molar-refractivity contribution in [2.75, 3.05) is 17.6 Å². The van der Waals surface area contributed by atoms with Gasteiger partial charge in [-0.2, -0.15) is 0 Å². The van der Waals surface area contributed by atoms with E-state index in [0.717, 1.165) is 16.8 Å². The van der Waals surface area contributed by atoms with Crippen molar-refractivity contribution < 1.29 is 5.11 Å². The molecule has 0 bridgehead atoms. The first-order valence-electron chi connectivity index (χ1n) is 6.00. The molecule has 0 aromatic heterocycles. The van der Waals surface area contributed by atoms with E-state index in [1.807, 2.05) is 55.5 Å². The average Bonchev–Trinajstić information content (AvgIpc) is 2.40. The fourth-order valence-corrected chi connectivity index (χ4v) is 1.82. The molecule has 1 atom stereocenters. The van der Waals surface area contributed by atoms with Crippen molar-refractivity contribution in [2.24, 2.45) is 0 Å². The molecule has 2 aromatic rings. The molecular weight excluding hydrogens is 224 g/mol. The number of benzene rings is 2. The topological polar surface area (TPSA) is 58.3 Å². The Morgan fingerprint density at radius 1 is 1.17 bits per heavy atom. The van der Waals surface area contributed by atoms with E-state index in [1.165, 1.54) is 0 Å². The molecule has 0 aliphatic heterocycles. The maximum Gasteiger partial charge on any atom is 0.0962 e. The van der Waals surface area contributed by atoms with E-state index in [0.29, 0.717) is 12.2 Å². The van der Waals surface area contributed by atoms with Crippen LogP contribution in [0, 0.1) is 6.92 Å². The minimum atomic E-state index is -0.536. The van der Waals surface area contributed by atoms with Crippen molar-refractivity contribution >= 4 is 11.4 Å². The van der Waals surface area contributed by atoms with Crippen molar-refractivity contribution in [1.82, 2.24) is 0 Å². The normalized spacial score (nSPS) is 12.1. The van der Waals surface area contributed by atoms with Gasteiger partial charge in [0, 0.05) is 6.54 Å². The largest absolute Gasteiger partial charge is 0.397 e. The number of hydrogen-bond donors (Lipinski definition) is 3. The lowest BCUT2D eigenvalue weighted by molar-refractivity contribution is 0.191. The number of hydrogen-bond acceptors (Lipinski definition) is 3. The van der Waals surface area contributed by atoms with E-state index in [2.05, 4.69) is 5.32 Å². The van der Waals surface area contributed by atoms with Gasteiger partial charge in [0.2, 0.25) is 0 Å². The quantitative estimate of drug-likeness (QED) is 0.722. The molecule has 0 spiro atoms. The van der Waals surface area contributed by atoms with E-state index in [-0.39, 0.29) is 0 Å². The lowest BCUT2D eigenvalue weighted by Crippen LogP contribution is -2.13. The van der Waals surface area contributed by atoms with Gasteiger partial charge < -0.3 is 16.2 Å². The Morgan fingerprint density at radius 2 is 1.89 bits per heavy atom. The number of nitrogen functional groups attached to an aromatic ring is 1. The highest BCUT2D eigenvalue weighted by molar-refractivity contribution is 5.67.